The van der Waals surface area contributed by atoms with Gasteiger partial charge in [0.1, 0.15) is 0 Å². The number of sulfone groups is 1. The second-order valence-corrected chi connectivity index (χ2v) is 7.52. The number of hydrogen-bond acceptors (Lipinski definition) is 4. The van der Waals surface area contributed by atoms with Gasteiger partial charge in [0, 0.05) is 6.04 Å². The van der Waals surface area contributed by atoms with Gasteiger partial charge in [-0.2, -0.15) is 0 Å². The summed E-state index contributed by atoms with van der Waals surface area (Å²) < 4.78 is 24.6. The van der Waals surface area contributed by atoms with Crippen LogP contribution in [-0.2, 0) is 14.6 Å². The summed E-state index contributed by atoms with van der Waals surface area (Å²) >= 11 is 0. The SMILES string of the molecule is CCCS(=O)(=O)c1ccccc1NC1CCCC1C(=O)O. The van der Waals surface area contributed by atoms with E-state index in [1.165, 1.54) is 0 Å². The molecule has 1 aliphatic carbocycles. The van der Waals surface area contributed by atoms with Crippen molar-refractivity contribution in [1.29, 1.82) is 0 Å². The molecule has 1 aromatic carbocycles. The molecule has 0 aliphatic heterocycles. The number of aliphatic carboxylic acids is 1. The molecule has 1 saturated carbocycles. The lowest BCUT2D eigenvalue weighted by Gasteiger charge is -2.21. The van der Waals surface area contributed by atoms with Gasteiger partial charge in [0.25, 0.3) is 0 Å². The minimum absolute atomic E-state index is 0.0960. The number of carbonyl (C=O) groups is 1. The number of benzene rings is 1. The molecule has 2 rings (SSSR count). The highest BCUT2D eigenvalue weighted by Gasteiger charge is 2.33. The first-order valence-electron chi connectivity index (χ1n) is 7.27. The smallest absolute Gasteiger partial charge is 0.308 e. The molecule has 0 heterocycles. The van der Waals surface area contributed by atoms with E-state index in [0.717, 1.165) is 12.8 Å². The number of hydrogen-bond donors (Lipinski definition) is 2. The second kappa shape index (κ2) is 6.47. The summed E-state index contributed by atoms with van der Waals surface area (Å²) in [6.45, 7) is 1.82. The van der Waals surface area contributed by atoms with Crippen molar-refractivity contribution in [3.05, 3.63) is 24.3 Å². The molecule has 0 spiro atoms. The predicted octanol–water partition coefficient (Wildman–Crippen LogP) is 2.54. The Morgan fingerprint density at radius 3 is 2.71 bits per heavy atom. The number of anilines is 1. The van der Waals surface area contributed by atoms with E-state index in [-0.39, 0.29) is 16.7 Å². The highest BCUT2D eigenvalue weighted by atomic mass is 32.2. The van der Waals surface area contributed by atoms with Crippen LogP contribution in [0.5, 0.6) is 0 Å². The van der Waals surface area contributed by atoms with Crippen LogP contribution < -0.4 is 5.32 Å². The number of carboxylic acids is 1. The van der Waals surface area contributed by atoms with Crippen molar-refractivity contribution in [1.82, 2.24) is 0 Å². The Kier molecular flexibility index (Phi) is 4.88. The van der Waals surface area contributed by atoms with Gasteiger partial charge in [-0.05, 0) is 31.4 Å². The van der Waals surface area contributed by atoms with E-state index < -0.39 is 21.7 Å². The van der Waals surface area contributed by atoms with Crippen LogP contribution in [-0.4, -0.2) is 31.3 Å². The second-order valence-electron chi connectivity index (χ2n) is 5.44. The van der Waals surface area contributed by atoms with Crippen LogP contribution in [0.25, 0.3) is 0 Å². The van der Waals surface area contributed by atoms with Crippen LogP contribution in [0.15, 0.2) is 29.2 Å². The average molecular weight is 311 g/mol. The summed E-state index contributed by atoms with van der Waals surface area (Å²) in [5.41, 5.74) is 0.518. The Morgan fingerprint density at radius 1 is 1.33 bits per heavy atom. The first-order valence-corrected chi connectivity index (χ1v) is 8.92. The zero-order chi connectivity index (χ0) is 15.5. The first-order chi connectivity index (χ1) is 9.95. The maximum absolute atomic E-state index is 12.3. The largest absolute Gasteiger partial charge is 0.481 e. The Balaban J connectivity index is 2.27. The van der Waals surface area contributed by atoms with Gasteiger partial charge in [-0.1, -0.05) is 25.5 Å². The van der Waals surface area contributed by atoms with E-state index in [2.05, 4.69) is 5.32 Å². The van der Waals surface area contributed by atoms with Gasteiger partial charge in [0.2, 0.25) is 0 Å². The lowest BCUT2D eigenvalue weighted by molar-refractivity contribution is -0.141. The summed E-state index contributed by atoms with van der Waals surface area (Å²) in [6.07, 6.45) is 2.78. The van der Waals surface area contributed by atoms with Crippen LogP contribution in [0.1, 0.15) is 32.6 Å². The molecule has 0 amide bonds. The zero-order valence-corrected chi connectivity index (χ0v) is 12.9. The lowest BCUT2D eigenvalue weighted by atomic mass is 10.0. The maximum Gasteiger partial charge on any atom is 0.308 e. The number of rotatable bonds is 6. The standard InChI is InChI=1S/C15H21NO4S/c1-2-10-21(19,20)14-9-4-3-7-13(14)16-12-8-5-6-11(12)15(17)18/h3-4,7,9,11-12,16H,2,5-6,8,10H2,1H3,(H,17,18). The van der Waals surface area contributed by atoms with E-state index in [4.69, 9.17) is 0 Å². The number of nitrogens with one attached hydrogen (secondary N) is 1. The van der Waals surface area contributed by atoms with Crippen molar-refractivity contribution < 1.29 is 18.3 Å². The van der Waals surface area contributed by atoms with Crippen molar-refractivity contribution in [3.8, 4) is 0 Å². The average Bonchev–Trinajstić information content (AvgIpc) is 2.87. The predicted molar refractivity (Wildman–Crippen MR) is 81.2 cm³/mol. The number of carboxylic acid groups (broad SMARTS) is 1. The van der Waals surface area contributed by atoms with Crippen LogP contribution in [0.2, 0.25) is 0 Å². The van der Waals surface area contributed by atoms with Gasteiger partial charge in [-0.25, -0.2) is 8.42 Å². The molecule has 2 atom stereocenters. The van der Waals surface area contributed by atoms with Crippen LogP contribution in [0, 0.1) is 5.92 Å². The van der Waals surface area contributed by atoms with Gasteiger partial charge in [-0.15, -0.1) is 0 Å². The van der Waals surface area contributed by atoms with Crippen molar-refractivity contribution >= 4 is 21.5 Å². The quantitative estimate of drug-likeness (QED) is 0.843. The van der Waals surface area contributed by atoms with Gasteiger partial charge in [0.05, 0.1) is 22.3 Å². The molecule has 0 saturated heterocycles. The van der Waals surface area contributed by atoms with Crippen LogP contribution >= 0.6 is 0 Å². The van der Waals surface area contributed by atoms with E-state index in [9.17, 15) is 18.3 Å². The molecule has 1 aromatic rings. The summed E-state index contributed by atoms with van der Waals surface area (Å²) in [6, 6.07) is 6.54. The summed E-state index contributed by atoms with van der Waals surface area (Å²) in [4.78, 5) is 11.5. The Morgan fingerprint density at radius 2 is 2.05 bits per heavy atom. The molecule has 0 bridgehead atoms. The van der Waals surface area contributed by atoms with E-state index in [0.29, 0.717) is 18.5 Å². The summed E-state index contributed by atoms with van der Waals surface area (Å²) in [5.74, 6) is -1.18. The summed E-state index contributed by atoms with van der Waals surface area (Å²) in [5, 5.41) is 12.4. The Bertz CT molecular complexity index is 612. The van der Waals surface area contributed by atoms with Crippen molar-refractivity contribution in [3.63, 3.8) is 0 Å². The Labute approximate surface area is 125 Å². The minimum Gasteiger partial charge on any atom is -0.481 e. The van der Waals surface area contributed by atoms with Gasteiger partial charge in [0.15, 0.2) is 9.84 Å². The van der Waals surface area contributed by atoms with Gasteiger partial charge < -0.3 is 10.4 Å². The number of para-hydroxylation sites is 1. The first kappa shape index (κ1) is 15.8. The third kappa shape index (κ3) is 3.56. The molecule has 2 unspecified atom stereocenters. The monoisotopic (exact) mass is 311 g/mol. The fourth-order valence-electron chi connectivity index (χ4n) is 2.86. The molecule has 1 fully saturated rings. The van der Waals surface area contributed by atoms with Gasteiger partial charge in [-0.3, -0.25) is 4.79 Å². The third-order valence-corrected chi connectivity index (χ3v) is 5.84. The molecular formula is C15H21NO4S. The van der Waals surface area contributed by atoms with E-state index in [1.54, 1.807) is 24.3 Å². The fourth-order valence-corrected chi connectivity index (χ4v) is 4.37. The molecule has 1 aliphatic rings. The van der Waals surface area contributed by atoms with Gasteiger partial charge >= 0.3 is 5.97 Å². The molecule has 21 heavy (non-hydrogen) atoms. The minimum atomic E-state index is -3.33. The molecular weight excluding hydrogens is 290 g/mol. The van der Waals surface area contributed by atoms with Crippen molar-refractivity contribution in [2.24, 2.45) is 5.92 Å². The zero-order valence-electron chi connectivity index (χ0n) is 12.1. The molecule has 2 N–H and O–H groups in total. The molecule has 5 nitrogen and oxygen atoms in total. The topological polar surface area (TPSA) is 83.5 Å². The van der Waals surface area contributed by atoms with Crippen molar-refractivity contribution in [2.45, 2.75) is 43.5 Å². The Hall–Kier alpha value is -1.56. The fraction of sp³-hybridized carbons (Fsp3) is 0.533. The normalized spacial score (nSPS) is 22.1. The molecule has 116 valence electrons. The maximum atomic E-state index is 12.3. The summed E-state index contributed by atoms with van der Waals surface area (Å²) in [7, 11) is -3.33. The third-order valence-electron chi connectivity index (χ3n) is 3.87. The van der Waals surface area contributed by atoms with Crippen LogP contribution in [0.4, 0.5) is 5.69 Å². The highest BCUT2D eigenvalue weighted by Crippen LogP contribution is 2.31. The van der Waals surface area contributed by atoms with E-state index >= 15 is 0 Å². The molecule has 0 radical (unpaired) electrons. The van der Waals surface area contributed by atoms with Crippen molar-refractivity contribution in [2.75, 3.05) is 11.1 Å². The van der Waals surface area contributed by atoms with E-state index in [1.807, 2.05) is 6.92 Å². The van der Waals surface area contributed by atoms with Crippen LogP contribution in [0.3, 0.4) is 0 Å². The highest BCUT2D eigenvalue weighted by molar-refractivity contribution is 7.91. The molecule has 0 aromatic heterocycles. The molecule has 6 heteroatoms. The lowest BCUT2D eigenvalue weighted by Crippen LogP contribution is -2.30.